The molecule has 0 radical (unpaired) electrons. The van der Waals surface area contributed by atoms with Gasteiger partial charge in [0.25, 0.3) is 0 Å². The monoisotopic (exact) mass is 254 g/mol. The third-order valence-electron chi connectivity index (χ3n) is 2.59. The molecule has 1 rings (SSSR count). The molecule has 1 aromatic carbocycles. The molecule has 18 heavy (non-hydrogen) atoms. The van der Waals surface area contributed by atoms with Crippen molar-refractivity contribution in [3.8, 4) is 0 Å². The highest BCUT2D eigenvalue weighted by atomic mass is 19.1. The Bertz CT molecular complexity index is 410. The van der Waals surface area contributed by atoms with Crippen molar-refractivity contribution in [2.45, 2.75) is 32.7 Å². The Morgan fingerprint density at radius 3 is 2.83 bits per heavy atom. The summed E-state index contributed by atoms with van der Waals surface area (Å²) < 4.78 is 13.0. The first-order valence-electron chi connectivity index (χ1n) is 5.97. The molecule has 0 aliphatic rings. The van der Waals surface area contributed by atoms with Crippen LogP contribution in [-0.2, 0) is 0 Å². The minimum Gasteiger partial charge on any atom is -0.396 e. The summed E-state index contributed by atoms with van der Waals surface area (Å²) in [7, 11) is 0. The number of nitrogens with one attached hydrogen (secondary N) is 2. The van der Waals surface area contributed by atoms with Gasteiger partial charge in [0.05, 0.1) is 0 Å². The van der Waals surface area contributed by atoms with E-state index in [-0.39, 0.29) is 24.5 Å². The average Bonchev–Trinajstić information content (AvgIpc) is 2.31. The number of carbonyl (C=O) groups is 1. The van der Waals surface area contributed by atoms with E-state index in [9.17, 15) is 9.18 Å². The topological polar surface area (TPSA) is 61.4 Å². The predicted octanol–water partition coefficient (Wildman–Crippen LogP) is 2.42. The van der Waals surface area contributed by atoms with Gasteiger partial charge in [0, 0.05) is 18.3 Å². The summed E-state index contributed by atoms with van der Waals surface area (Å²) in [6, 6.07) is 4.07. The standard InChI is InChI=1S/C13H19FN2O2/c1-9-8-11(5-6-12(9)14)16-13(18)15-10(2)4-3-7-17/h5-6,8,10,17H,3-4,7H2,1-2H3,(H2,15,16,18). The van der Waals surface area contributed by atoms with E-state index in [1.165, 1.54) is 12.1 Å². The molecule has 5 heteroatoms. The van der Waals surface area contributed by atoms with Gasteiger partial charge in [-0.05, 0) is 50.5 Å². The fourth-order valence-electron chi connectivity index (χ4n) is 1.58. The first-order valence-corrected chi connectivity index (χ1v) is 5.97. The lowest BCUT2D eigenvalue weighted by Crippen LogP contribution is -2.36. The molecule has 0 saturated carbocycles. The summed E-state index contributed by atoms with van der Waals surface area (Å²) in [5, 5.41) is 14.1. The lowest BCUT2D eigenvalue weighted by molar-refractivity contribution is 0.245. The second kappa shape index (κ2) is 6.96. The minimum atomic E-state index is -0.327. The Hall–Kier alpha value is -1.62. The molecular formula is C13H19FN2O2. The van der Waals surface area contributed by atoms with Crippen LogP contribution in [0.5, 0.6) is 0 Å². The number of amides is 2. The van der Waals surface area contributed by atoms with Gasteiger partial charge in [0.15, 0.2) is 0 Å². The highest BCUT2D eigenvalue weighted by Crippen LogP contribution is 2.13. The van der Waals surface area contributed by atoms with Gasteiger partial charge in [-0.25, -0.2) is 9.18 Å². The molecule has 1 atom stereocenters. The van der Waals surface area contributed by atoms with Crippen LogP contribution in [-0.4, -0.2) is 23.8 Å². The highest BCUT2D eigenvalue weighted by Gasteiger charge is 2.07. The molecular weight excluding hydrogens is 235 g/mol. The third kappa shape index (κ3) is 4.71. The van der Waals surface area contributed by atoms with Crippen molar-refractivity contribution in [2.24, 2.45) is 0 Å². The van der Waals surface area contributed by atoms with Crippen LogP contribution in [0.15, 0.2) is 18.2 Å². The van der Waals surface area contributed by atoms with E-state index in [0.29, 0.717) is 24.1 Å². The highest BCUT2D eigenvalue weighted by molar-refractivity contribution is 5.89. The number of hydrogen-bond acceptors (Lipinski definition) is 2. The van der Waals surface area contributed by atoms with E-state index in [4.69, 9.17) is 5.11 Å². The van der Waals surface area contributed by atoms with Crippen LogP contribution in [0.4, 0.5) is 14.9 Å². The number of aliphatic hydroxyl groups is 1. The van der Waals surface area contributed by atoms with Gasteiger partial charge in [-0.3, -0.25) is 0 Å². The quantitative estimate of drug-likeness (QED) is 0.755. The summed E-state index contributed by atoms with van der Waals surface area (Å²) in [5.41, 5.74) is 1.04. The maximum Gasteiger partial charge on any atom is 0.319 e. The van der Waals surface area contributed by atoms with Crippen LogP contribution >= 0.6 is 0 Å². The van der Waals surface area contributed by atoms with Crippen LogP contribution in [0.25, 0.3) is 0 Å². The van der Waals surface area contributed by atoms with Crippen molar-refractivity contribution in [2.75, 3.05) is 11.9 Å². The molecule has 0 bridgehead atoms. The number of benzene rings is 1. The summed E-state index contributed by atoms with van der Waals surface area (Å²) in [6.45, 7) is 3.62. The molecule has 1 unspecified atom stereocenters. The van der Waals surface area contributed by atoms with Gasteiger partial charge in [0.2, 0.25) is 0 Å². The number of carbonyl (C=O) groups excluding carboxylic acids is 1. The zero-order valence-corrected chi connectivity index (χ0v) is 10.7. The van der Waals surface area contributed by atoms with Crippen molar-refractivity contribution in [1.82, 2.24) is 5.32 Å². The molecule has 0 aliphatic carbocycles. The van der Waals surface area contributed by atoms with E-state index in [0.717, 1.165) is 0 Å². The summed E-state index contributed by atoms with van der Waals surface area (Å²) >= 11 is 0. The lowest BCUT2D eigenvalue weighted by atomic mass is 10.2. The fraction of sp³-hybridized carbons (Fsp3) is 0.462. The summed E-state index contributed by atoms with van der Waals surface area (Å²) in [6.07, 6.45) is 1.36. The van der Waals surface area contributed by atoms with E-state index >= 15 is 0 Å². The Morgan fingerprint density at radius 2 is 2.22 bits per heavy atom. The third-order valence-corrected chi connectivity index (χ3v) is 2.59. The zero-order chi connectivity index (χ0) is 13.5. The summed E-state index contributed by atoms with van der Waals surface area (Å²) in [4.78, 5) is 11.6. The Kier molecular flexibility index (Phi) is 5.58. The zero-order valence-electron chi connectivity index (χ0n) is 10.7. The van der Waals surface area contributed by atoms with Gasteiger partial charge < -0.3 is 15.7 Å². The second-order valence-corrected chi connectivity index (χ2v) is 4.33. The number of anilines is 1. The van der Waals surface area contributed by atoms with Gasteiger partial charge in [-0.15, -0.1) is 0 Å². The first kappa shape index (κ1) is 14.4. The molecule has 0 heterocycles. The van der Waals surface area contributed by atoms with E-state index in [1.807, 2.05) is 6.92 Å². The Balaban J connectivity index is 2.46. The van der Waals surface area contributed by atoms with Crippen LogP contribution in [0.1, 0.15) is 25.3 Å². The van der Waals surface area contributed by atoms with Gasteiger partial charge in [-0.1, -0.05) is 0 Å². The number of rotatable bonds is 5. The molecule has 0 fully saturated rings. The Morgan fingerprint density at radius 1 is 1.50 bits per heavy atom. The van der Waals surface area contributed by atoms with E-state index in [2.05, 4.69) is 10.6 Å². The number of urea groups is 1. The van der Waals surface area contributed by atoms with Gasteiger partial charge in [0.1, 0.15) is 5.82 Å². The molecule has 2 amide bonds. The predicted molar refractivity (Wildman–Crippen MR) is 69.1 cm³/mol. The maximum atomic E-state index is 13.0. The molecule has 100 valence electrons. The smallest absolute Gasteiger partial charge is 0.319 e. The number of aryl methyl sites for hydroxylation is 1. The first-order chi connectivity index (χ1) is 8.52. The number of halogens is 1. The molecule has 1 aromatic rings. The second-order valence-electron chi connectivity index (χ2n) is 4.33. The lowest BCUT2D eigenvalue weighted by Gasteiger charge is -2.14. The summed E-state index contributed by atoms with van der Waals surface area (Å²) in [5.74, 6) is -0.294. The Labute approximate surface area is 106 Å². The molecule has 0 aromatic heterocycles. The van der Waals surface area contributed by atoms with Gasteiger partial charge in [-0.2, -0.15) is 0 Å². The number of aliphatic hydroxyl groups excluding tert-OH is 1. The van der Waals surface area contributed by atoms with Gasteiger partial charge >= 0.3 is 6.03 Å². The van der Waals surface area contributed by atoms with Crippen molar-refractivity contribution in [3.05, 3.63) is 29.6 Å². The fourth-order valence-corrected chi connectivity index (χ4v) is 1.58. The van der Waals surface area contributed by atoms with Crippen molar-refractivity contribution >= 4 is 11.7 Å². The molecule has 3 N–H and O–H groups in total. The van der Waals surface area contributed by atoms with Crippen molar-refractivity contribution in [3.63, 3.8) is 0 Å². The van der Waals surface area contributed by atoms with Crippen molar-refractivity contribution < 1.29 is 14.3 Å². The molecule has 0 saturated heterocycles. The van der Waals surface area contributed by atoms with Crippen LogP contribution < -0.4 is 10.6 Å². The average molecular weight is 254 g/mol. The minimum absolute atomic E-state index is 0.0151. The van der Waals surface area contributed by atoms with E-state index in [1.54, 1.807) is 13.0 Å². The molecule has 4 nitrogen and oxygen atoms in total. The van der Waals surface area contributed by atoms with Crippen LogP contribution in [0, 0.1) is 12.7 Å². The maximum absolute atomic E-state index is 13.0. The van der Waals surface area contributed by atoms with Crippen LogP contribution in [0.2, 0.25) is 0 Å². The largest absolute Gasteiger partial charge is 0.396 e. The van der Waals surface area contributed by atoms with Crippen molar-refractivity contribution in [1.29, 1.82) is 0 Å². The molecule has 0 aliphatic heterocycles. The normalized spacial score (nSPS) is 12.0. The van der Waals surface area contributed by atoms with E-state index < -0.39 is 0 Å². The number of hydrogen-bond donors (Lipinski definition) is 3. The van der Waals surface area contributed by atoms with Crippen LogP contribution in [0.3, 0.4) is 0 Å². The molecule has 0 spiro atoms. The SMILES string of the molecule is Cc1cc(NC(=O)NC(C)CCCO)ccc1F.